The Balaban J connectivity index is 1.44. The normalized spacial score (nSPS) is 19.3. The number of sulfone groups is 2. The number of hydrogen-bond acceptors (Lipinski definition) is 14. The fourth-order valence-electron chi connectivity index (χ4n) is 6.99. The van der Waals surface area contributed by atoms with Gasteiger partial charge in [0, 0.05) is 56.3 Å². The fraction of sp³-hybridized carbons (Fsp3) is 0.0588. The number of nitrogens with zero attached hydrogens (tertiary/aromatic N) is 8. The van der Waals surface area contributed by atoms with Crippen molar-refractivity contribution in [3.8, 4) is 0 Å². The molecule has 0 radical (unpaired) electrons. The molecule has 2 aromatic heterocycles. The Morgan fingerprint density at radius 1 is 0.439 bits per heavy atom. The summed E-state index contributed by atoms with van der Waals surface area (Å²) in [6.45, 7) is 0. The summed E-state index contributed by atoms with van der Waals surface area (Å²) in [5.74, 6) is 0.522. The van der Waals surface area contributed by atoms with Crippen molar-refractivity contribution in [2.45, 2.75) is 19.6 Å². The molecule has 0 amide bonds. The van der Waals surface area contributed by atoms with Gasteiger partial charge in [-0.2, -0.15) is 16.8 Å². The summed E-state index contributed by atoms with van der Waals surface area (Å²) < 4.78 is 124. The maximum atomic E-state index is 12.9. The largest absolute Gasteiger partial charge is 0.294 e. The van der Waals surface area contributed by atoms with Gasteiger partial charge < -0.3 is 0 Å². The van der Waals surface area contributed by atoms with Gasteiger partial charge in [-0.05, 0) is 72.8 Å². The molecular weight excluding hydrogens is 840 g/mol. The van der Waals surface area contributed by atoms with Crippen LogP contribution in [0.5, 0.6) is 0 Å². The van der Waals surface area contributed by atoms with E-state index in [1.165, 1.54) is 66.7 Å². The summed E-state index contributed by atoms with van der Waals surface area (Å²) in [5, 5.41) is 1.23. The molecule has 0 saturated carbocycles. The molecular formula is C34H21N8O10PS4. The van der Waals surface area contributed by atoms with E-state index in [1.807, 2.05) is 0 Å². The summed E-state index contributed by atoms with van der Waals surface area (Å²) in [6.07, 6.45) is 2.10. The van der Waals surface area contributed by atoms with Crippen LogP contribution >= 0.6 is 8.88 Å². The minimum atomic E-state index is -4.74. The maximum absolute atomic E-state index is 12.9. The monoisotopic (exact) mass is 860 g/mol. The molecule has 4 aromatic carbocycles. The SMILES string of the molecule is CS(=O)(=O)c1ccc2c(c1)C1=NC/2=N\c2c3ccc(S(C)(=O)=O)cc3c3n2Pn2/c(c4ccc(S(=O)(=O)O)cc4/c2=N/1)=N\C1=NC(=N\3)/c2cc(S(=O)(=O)O)ccc21. The van der Waals surface area contributed by atoms with E-state index in [9.17, 15) is 42.8 Å². The van der Waals surface area contributed by atoms with E-state index < -0.39 is 58.6 Å². The summed E-state index contributed by atoms with van der Waals surface area (Å²) in [5.41, 5.74) is 1.45. The van der Waals surface area contributed by atoms with Crippen molar-refractivity contribution in [2.75, 3.05) is 12.5 Å². The molecule has 0 aliphatic carbocycles. The first-order valence-electron chi connectivity index (χ1n) is 16.3. The van der Waals surface area contributed by atoms with Crippen molar-refractivity contribution >= 4 is 105 Å². The van der Waals surface area contributed by atoms with Crippen molar-refractivity contribution in [1.82, 2.24) is 8.68 Å². The van der Waals surface area contributed by atoms with Gasteiger partial charge in [-0.1, -0.05) is 0 Å². The first-order chi connectivity index (χ1) is 26.7. The van der Waals surface area contributed by atoms with Gasteiger partial charge in [0.25, 0.3) is 20.2 Å². The number of aromatic nitrogens is 2. The van der Waals surface area contributed by atoms with Gasteiger partial charge in [-0.15, -0.1) is 0 Å². The highest BCUT2D eigenvalue weighted by molar-refractivity contribution is 7.91. The smallest absolute Gasteiger partial charge is 0.282 e. The Hall–Kier alpha value is -5.61. The molecule has 23 heteroatoms. The van der Waals surface area contributed by atoms with E-state index in [1.54, 1.807) is 14.7 Å². The van der Waals surface area contributed by atoms with E-state index in [-0.39, 0.29) is 66.7 Å². The van der Waals surface area contributed by atoms with Gasteiger partial charge in [-0.3, -0.25) is 17.8 Å². The van der Waals surface area contributed by atoms with Gasteiger partial charge in [-0.25, -0.2) is 46.8 Å². The van der Waals surface area contributed by atoms with Gasteiger partial charge >= 0.3 is 0 Å². The first kappa shape index (κ1) is 35.8. The molecule has 10 rings (SSSR count). The van der Waals surface area contributed by atoms with E-state index in [0.717, 1.165) is 12.5 Å². The lowest BCUT2D eigenvalue weighted by Gasteiger charge is -2.12. The minimum absolute atomic E-state index is 0.0253. The highest BCUT2D eigenvalue weighted by Crippen LogP contribution is 2.46. The van der Waals surface area contributed by atoms with Crippen LogP contribution in [0.2, 0.25) is 0 Å². The summed E-state index contributed by atoms with van der Waals surface area (Å²) in [4.78, 5) is 28.2. The zero-order chi connectivity index (χ0) is 40.1. The summed E-state index contributed by atoms with van der Waals surface area (Å²) >= 11 is 0. The Morgan fingerprint density at radius 2 is 0.860 bits per heavy atom. The minimum Gasteiger partial charge on any atom is -0.282 e. The third-order valence-corrected chi connectivity index (χ3v) is 14.8. The Morgan fingerprint density at radius 3 is 1.47 bits per heavy atom. The molecule has 6 bridgehead atoms. The number of fused-ring (bicyclic) bond motifs is 14. The Bertz CT molecular complexity index is 3720. The second-order valence-corrected chi connectivity index (χ2v) is 21.3. The first-order valence-corrected chi connectivity index (χ1v) is 23.9. The van der Waals surface area contributed by atoms with Crippen LogP contribution in [-0.4, -0.2) is 87.3 Å². The highest BCUT2D eigenvalue weighted by Gasteiger charge is 2.32. The van der Waals surface area contributed by atoms with E-state index in [2.05, 4.69) is 0 Å². The van der Waals surface area contributed by atoms with Gasteiger partial charge in [0.15, 0.2) is 43.0 Å². The van der Waals surface area contributed by atoms with Crippen LogP contribution in [0.1, 0.15) is 22.3 Å². The molecule has 0 saturated heterocycles. The lowest BCUT2D eigenvalue weighted by molar-refractivity contribution is 0.481. The predicted molar refractivity (Wildman–Crippen MR) is 209 cm³/mol. The van der Waals surface area contributed by atoms with Crippen LogP contribution in [-0.2, 0) is 39.9 Å². The third-order valence-electron chi connectivity index (χ3n) is 9.66. The topological polar surface area (TPSA) is 261 Å². The van der Waals surface area contributed by atoms with Crippen LogP contribution in [0, 0.1) is 0 Å². The van der Waals surface area contributed by atoms with Gasteiger partial charge in [0.05, 0.1) is 28.5 Å². The molecule has 18 nitrogen and oxygen atoms in total. The van der Waals surface area contributed by atoms with E-state index in [4.69, 9.17) is 30.0 Å². The number of aliphatic imine (C=N–C) groups is 4. The fourth-order valence-corrected chi connectivity index (χ4v) is 10.6. The second kappa shape index (κ2) is 11.5. The number of rotatable bonds is 4. The average molecular weight is 861 g/mol. The molecule has 6 heterocycles. The molecule has 2 N–H and O–H groups in total. The van der Waals surface area contributed by atoms with E-state index >= 15 is 0 Å². The highest BCUT2D eigenvalue weighted by atomic mass is 32.2. The molecule has 0 spiro atoms. The maximum Gasteiger partial charge on any atom is 0.294 e. The van der Waals surface area contributed by atoms with Crippen molar-refractivity contribution in [1.29, 1.82) is 0 Å². The molecule has 0 fully saturated rings. The van der Waals surface area contributed by atoms with Crippen LogP contribution in [0.3, 0.4) is 0 Å². The average Bonchev–Trinajstić information content (AvgIpc) is 3.82. The van der Waals surface area contributed by atoms with Crippen LogP contribution in [0.4, 0.5) is 11.6 Å². The molecule has 6 aromatic rings. The van der Waals surface area contributed by atoms with Gasteiger partial charge in [0.1, 0.15) is 22.6 Å². The number of hydrogen-bond donors (Lipinski definition) is 2. The van der Waals surface area contributed by atoms with Crippen molar-refractivity contribution in [3.63, 3.8) is 0 Å². The van der Waals surface area contributed by atoms with E-state index in [0.29, 0.717) is 32.8 Å². The van der Waals surface area contributed by atoms with Crippen molar-refractivity contribution in [3.05, 3.63) is 106 Å². The summed E-state index contributed by atoms with van der Waals surface area (Å²) in [7, 11) is -17.5. The Labute approximate surface area is 323 Å². The molecule has 1 atom stereocenters. The standard InChI is InChI=1S/C34H21N8O10PS4/c1-54(43,44)15-3-7-19-23(11-15)29-35-27(19)37-31-21-9-4-16(55(2,45)46)12-25(21)33-40-30-24-13-17(56(47,48)49)5-8-20(24)28(36-30)38-32-22-10-6-18(57(50,51)52)14-26(22)34(39-29)42(32)53-41(31)33/h3-14,53H,1-2H3,(H,47,48,49)(H,50,51,52)/b37-27-,37-31?,38-28?,38-32-,39-29?,39-34-,40-30-,40-33?. The summed E-state index contributed by atoms with van der Waals surface area (Å²) in [6, 6.07) is 16.3. The number of amidine groups is 4. The second-order valence-electron chi connectivity index (χ2n) is 13.4. The third kappa shape index (κ3) is 5.51. The number of benzene rings is 4. The van der Waals surface area contributed by atoms with Crippen molar-refractivity contribution < 1.29 is 42.8 Å². The lowest BCUT2D eigenvalue weighted by Crippen LogP contribution is -2.25. The van der Waals surface area contributed by atoms with Crippen LogP contribution in [0.15, 0.2) is 122 Å². The lowest BCUT2D eigenvalue weighted by atomic mass is 10.1. The van der Waals surface area contributed by atoms with Gasteiger partial charge in [0.2, 0.25) is 0 Å². The Kier molecular flexibility index (Phi) is 7.22. The molecule has 4 aliphatic heterocycles. The quantitative estimate of drug-likeness (QED) is 0.193. The molecule has 4 aliphatic rings. The molecule has 1 unspecified atom stereocenters. The zero-order valence-corrected chi connectivity index (χ0v) is 33.1. The predicted octanol–water partition coefficient (Wildman–Crippen LogP) is 2.74. The van der Waals surface area contributed by atoms with Crippen LogP contribution in [0.25, 0.3) is 21.5 Å². The molecule has 57 heavy (non-hydrogen) atoms. The van der Waals surface area contributed by atoms with Crippen LogP contribution < -0.4 is 11.0 Å². The molecule has 286 valence electrons. The van der Waals surface area contributed by atoms with Crippen molar-refractivity contribution in [2.24, 2.45) is 30.0 Å². The zero-order valence-electron chi connectivity index (χ0n) is 28.8.